The van der Waals surface area contributed by atoms with Crippen molar-refractivity contribution in [2.24, 2.45) is 17.1 Å². The Hall–Kier alpha value is -0.650. The SMILES string of the molecule is CC(C)(C)CC(CN)C(=O)N1CCOCC1CO. The van der Waals surface area contributed by atoms with Crippen LogP contribution in [-0.4, -0.2) is 54.9 Å². The third kappa shape index (κ3) is 4.23. The maximum Gasteiger partial charge on any atom is 0.227 e. The third-order valence-electron chi connectivity index (χ3n) is 3.21. The van der Waals surface area contributed by atoms with Crippen LogP contribution in [0.3, 0.4) is 0 Å². The molecule has 1 aliphatic rings. The number of morpholine rings is 1. The Kier molecular flexibility index (Phi) is 5.56. The Labute approximate surface area is 109 Å². The van der Waals surface area contributed by atoms with Crippen LogP contribution < -0.4 is 5.73 Å². The van der Waals surface area contributed by atoms with Gasteiger partial charge in [-0.25, -0.2) is 0 Å². The summed E-state index contributed by atoms with van der Waals surface area (Å²) in [5, 5.41) is 9.29. The maximum atomic E-state index is 12.5. The molecule has 0 aromatic carbocycles. The fourth-order valence-corrected chi connectivity index (χ4v) is 2.34. The van der Waals surface area contributed by atoms with Crippen molar-refractivity contribution in [2.45, 2.75) is 33.2 Å². The van der Waals surface area contributed by atoms with Crippen molar-refractivity contribution in [1.29, 1.82) is 0 Å². The van der Waals surface area contributed by atoms with Gasteiger partial charge in [-0.2, -0.15) is 0 Å². The zero-order valence-corrected chi connectivity index (χ0v) is 11.7. The largest absolute Gasteiger partial charge is 0.394 e. The maximum absolute atomic E-state index is 12.5. The monoisotopic (exact) mass is 258 g/mol. The number of aliphatic hydroxyl groups is 1. The molecule has 0 aromatic rings. The molecule has 2 atom stereocenters. The molecule has 1 fully saturated rings. The molecule has 3 N–H and O–H groups in total. The summed E-state index contributed by atoms with van der Waals surface area (Å²) in [6, 6.07) is -0.222. The van der Waals surface area contributed by atoms with Crippen LogP contribution in [0.1, 0.15) is 27.2 Å². The lowest BCUT2D eigenvalue weighted by Gasteiger charge is -2.37. The van der Waals surface area contributed by atoms with Crippen molar-refractivity contribution < 1.29 is 14.6 Å². The van der Waals surface area contributed by atoms with E-state index in [0.29, 0.717) is 26.3 Å². The second-order valence-corrected chi connectivity index (χ2v) is 6.14. The van der Waals surface area contributed by atoms with E-state index >= 15 is 0 Å². The lowest BCUT2D eigenvalue weighted by Crippen LogP contribution is -2.53. The molecule has 5 heteroatoms. The van der Waals surface area contributed by atoms with Gasteiger partial charge in [0.2, 0.25) is 5.91 Å². The highest BCUT2D eigenvalue weighted by molar-refractivity contribution is 5.79. The zero-order valence-electron chi connectivity index (χ0n) is 11.7. The number of rotatable bonds is 4. The number of amides is 1. The minimum atomic E-state index is -0.222. The first-order chi connectivity index (χ1) is 8.39. The van der Waals surface area contributed by atoms with Crippen molar-refractivity contribution in [2.75, 3.05) is 32.9 Å². The highest BCUT2D eigenvalue weighted by atomic mass is 16.5. The number of carbonyl (C=O) groups excluding carboxylic acids is 1. The van der Waals surface area contributed by atoms with Crippen molar-refractivity contribution in [3.05, 3.63) is 0 Å². The molecule has 0 saturated carbocycles. The predicted octanol–water partition coefficient (Wildman–Crippen LogP) is 0.217. The van der Waals surface area contributed by atoms with E-state index in [1.54, 1.807) is 4.90 Å². The topological polar surface area (TPSA) is 75.8 Å². The molecule has 5 nitrogen and oxygen atoms in total. The number of carbonyl (C=O) groups is 1. The van der Waals surface area contributed by atoms with Crippen molar-refractivity contribution in [3.63, 3.8) is 0 Å². The van der Waals surface area contributed by atoms with Gasteiger partial charge < -0.3 is 20.5 Å². The summed E-state index contributed by atoms with van der Waals surface area (Å²) in [5.74, 6) is -0.119. The number of ether oxygens (including phenoxy) is 1. The first-order valence-corrected chi connectivity index (χ1v) is 6.58. The van der Waals surface area contributed by atoms with Gasteiger partial charge in [0, 0.05) is 13.1 Å². The van der Waals surface area contributed by atoms with Crippen LogP contribution in [0.4, 0.5) is 0 Å². The van der Waals surface area contributed by atoms with Gasteiger partial charge in [0.25, 0.3) is 0 Å². The lowest BCUT2D eigenvalue weighted by atomic mass is 9.84. The van der Waals surface area contributed by atoms with E-state index in [0.717, 1.165) is 6.42 Å². The summed E-state index contributed by atoms with van der Waals surface area (Å²) >= 11 is 0. The second-order valence-electron chi connectivity index (χ2n) is 6.14. The van der Waals surface area contributed by atoms with Crippen molar-refractivity contribution in [3.8, 4) is 0 Å². The van der Waals surface area contributed by atoms with E-state index in [9.17, 15) is 9.90 Å². The van der Waals surface area contributed by atoms with Gasteiger partial charge in [-0.3, -0.25) is 4.79 Å². The number of hydrogen-bond acceptors (Lipinski definition) is 4. The smallest absolute Gasteiger partial charge is 0.227 e. The average molecular weight is 258 g/mol. The van der Waals surface area contributed by atoms with Gasteiger partial charge >= 0.3 is 0 Å². The summed E-state index contributed by atoms with van der Waals surface area (Å²) < 4.78 is 5.28. The van der Waals surface area contributed by atoms with Crippen LogP contribution in [0.2, 0.25) is 0 Å². The van der Waals surface area contributed by atoms with E-state index in [1.807, 2.05) is 0 Å². The molecule has 1 amide bonds. The van der Waals surface area contributed by atoms with Gasteiger partial charge in [-0.15, -0.1) is 0 Å². The van der Waals surface area contributed by atoms with E-state index in [1.165, 1.54) is 0 Å². The number of aliphatic hydroxyl groups excluding tert-OH is 1. The van der Waals surface area contributed by atoms with Crippen LogP contribution in [0.5, 0.6) is 0 Å². The summed E-state index contributed by atoms with van der Waals surface area (Å²) in [6.07, 6.45) is 0.762. The predicted molar refractivity (Wildman–Crippen MR) is 70.0 cm³/mol. The number of nitrogens with two attached hydrogens (primary N) is 1. The Morgan fingerprint density at radius 1 is 1.56 bits per heavy atom. The zero-order chi connectivity index (χ0) is 13.8. The Morgan fingerprint density at radius 2 is 2.22 bits per heavy atom. The van der Waals surface area contributed by atoms with E-state index in [4.69, 9.17) is 10.5 Å². The molecule has 1 saturated heterocycles. The summed E-state index contributed by atoms with van der Waals surface area (Å²) in [4.78, 5) is 14.2. The van der Waals surface area contributed by atoms with Gasteiger partial charge in [0.15, 0.2) is 0 Å². The molecule has 0 aromatic heterocycles. The molecule has 0 radical (unpaired) electrons. The lowest BCUT2D eigenvalue weighted by molar-refractivity contribution is -0.146. The van der Waals surface area contributed by atoms with Crippen molar-refractivity contribution >= 4 is 5.91 Å². The van der Waals surface area contributed by atoms with Gasteiger partial charge in [0.05, 0.1) is 31.8 Å². The van der Waals surface area contributed by atoms with E-state index in [2.05, 4.69) is 20.8 Å². The summed E-state index contributed by atoms with van der Waals surface area (Å²) in [7, 11) is 0. The molecule has 1 rings (SSSR count). The molecule has 18 heavy (non-hydrogen) atoms. The fourth-order valence-electron chi connectivity index (χ4n) is 2.34. The van der Waals surface area contributed by atoms with Crippen LogP contribution in [0, 0.1) is 11.3 Å². The quantitative estimate of drug-likeness (QED) is 0.756. The van der Waals surface area contributed by atoms with Crippen LogP contribution in [-0.2, 0) is 9.53 Å². The first kappa shape index (κ1) is 15.4. The Balaban J connectivity index is 2.69. The third-order valence-corrected chi connectivity index (χ3v) is 3.21. The van der Waals surface area contributed by atoms with Crippen LogP contribution in [0.25, 0.3) is 0 Å². The number of hydrogen-bond donors (Lipinski definition) is 2. The van der Waals surface area contributed by atoms with Crippen LogP contribution >= 0.6 is 0 Å². The highest BCUT2D eigenvalue weighted by Crippen LogP contribution is 2.26. The first-order valence-electron chi connectivity index (χ1n) is 6.58. The Bertz CT molecular complexity index is 276. The molecule has 0 bridgehead atoms. The average Bonchev–Trinajstić information content (AvgIpc) is 2.34. The van der Waals surface area contributed by atoms with Gasteiger partial charge in [-0.1, -0.05) is 20.8 Å². The molecule has 1 heterocycles. The molecule has 1 aliphatic heterocycles. The molecule has 2 unspecified atom stereocenters. The Morgan fingerprint density at radius 3 is 2.72 bits per heavy atom. The molecular formula is C13H26N2O3. The summed E-state index contributed by atoms with van der Waals surface area (Å²) in [5.41, 5.74) is 5.80. The fraction of sp³-hybridized carbons (Fsp3) is 0.923. The summed E-state index contributed by atoms with van der Waals surface area (Å²) in [6.45, 7) is 8.10. The van der Waals surface area contributed by atoms with E-state index in [-0.39, 0.29) is 29.9 Å². The highest BCUT2D eigenvalue weighted by Gasteiger charge is 2.32. The second kappa shape index (κ2) is 6.50. The normalized spacial score (nSPS) is 22.9. The van der Waals surface area contributed by atoms with E-state index < -0.39 is 0 Å². The minimum Gasteiger partial charge on any atom is -0.394 e. The number of nitrogens with zero attached hydrogens (tertiary/aromatic N) is 1. The molecule has 0 spiro atoms. The van der Waals surface area contributed by atoms with Crippen LogP contribution in [0.15, 0.2) is 0 Å². The van der Waals surface area contributed by atoms with Crippen molar-refractivity contribution in [1.82, 2.24) is 4.90 Å². The standard InChI is InChI=1S/C13H26N2O3/c1-13(2,3)6-10(7-14)12(17)15-4-5-18-9-11(15)8-16/h10-11,16H,4-9,14H2,1-3H3. The van der Waals surface area contributed by atoms with Gasteiger partial charge in [0.1, 0.15) is 0 Å². The molecule has 0 aliphatic carbocycles. The molecular weight excluding hydrogens is 232 g/mol. The minimum absolute atomic E-state index is 0.0507. The van der Waals surface area contributed by atoms with Gasteiger partial charge in [-0.05, 0) is 11.8 Å². The molecule has 106 valence electrons.